The van der Waals surface area contributed by atoms with Gasteiger partial charge >= 0.3 is 0 Å². The van der Waals surface area contributed by atoms with E-state index in [1.165, 1.54) is 0 Å². The Hall–Kier alpha value is -3.09. The lowest BCUT2D eigenvalue weighted by Crippen LogP contribution is -2.13. The number of imidazole rings is 1. The Balaban J connectivity index is 1.95. The van der Waals surface area contributed by atoms with Crippen molar-refractivity contribution >= 4 is 22.9 Å². The van der Waals surface area contributed by atoms with E-state index in [-0.39, 0.29) is 0 Å². The van der Waals surface area contributed by atoms with E-state index in [2.05, 4.69) is 25.9 Å². The Morgan fingerprint density at radius 3 is 2.64 bits per heavy atom. The number of aromatic nitrogens is 3. The summed E-state index contributed by atoms with van der Waals surface area (Å²) in [5.74, 6) is 0.579. The van der Waals surface area contributed by atoms with Gasteiger partial charge in [0.25, 0.3) is 0 Å². The molecular formula is C18H19N7. The van der Waals surface area contributed by atoms with Crippen LogP contribution in [0.4, 0.5) is 11.5 Å². The fraction of sp³-hybridized carbons (Fsp3) is 0.278. The van der Waals surface area contributed by atoms with E-state index in [0.717, 1.165) is 28.2 Å². The molecular weight excluding hydrogens is 314 g/mol. The number of anilines is 1. The first kappa shape index (κ1) is 15.4. The molecule has 3 aromatic rings. The van der Waals surface area contributed by atoms with Crippen LogP contribution in [0.15, 0.2) is 51.9 Å². The van der Waals surface area contributed by atoms with Crippen LogP contribution in [0, 0.1) is 0 Å². The van der Waals surface area contributed by atoms with E-state index in [1.54, 1.807) is 4.52 Å². The first-order valence-electron chi connectivity index (χ1n) is 8.15. The minimum absolute atomic E-state index is 0.458. The highest BCUT2D eigenvalue weighted by Crippen LogP contribution is 2.45. The molecule has 0 spiro atoms. The van der Waals surface area contributed by atoms with Crippen LogP contribution in [0.25, 0.3) is 16.9 Å². The van der Waals surface area contributed by atoms with Gasteiger partial charge in [0.05, 0.1) is 17.5 Å². The lowest BCUT2D eigenvalue weighted by Gasteiger charge is -2.15. The van der Waals surface area contributed by atoms with Gasteiger partial charge in [-0.3, -0.25) is 5.43 Å². The summed E-state index contributed by atoms with van der Waals surface area (Å²) >= 11 is 0. The average molecular weight is 333 g/mol. The van der Waals surface area contributed by atoms with Gasteiger partial charge in [-0.1, -0.05) is 30.3 Å². The van der Waals surface area contributed by atoms with Crippen molar-refractivity contribution < 1.29 is 0 Å². The summed E-state index contributed by atoms with van der Waals surface area (Å²) in [5.41, 5.74) is 7.78. The summed E-state index contributed by atoms with van der Waals surface area (Å²) in [7, 11) is 0. The van der Waals surface area contributed by atoms with Crippen LogP contribution < -0.4 is 5.43 Å². The van der Waals surface area contributed by atoms with Crippen LogP contribution >= 0.6 is 0 Å². The van der Waals surface area contributed by atoms with Gasteiger partial charge in [0, 0.05) is 11.3 Å². The highest BCUT2D eigenvalue weighted by molar-refractivity contribution is 5.81. The van der Waals surface area contributed by atoms with Crippen molar-refractivity contribution in [3.63, 3.8) is 0 Å². The van der Waals surface area contributed by atoms with Gasteiger partial charge < -0.3 is 0 Å². The summed E-state index contributed by atoms with van der Waals surface area (Å²) in [6.45, 7) is 7.89. The normalized spacial score (nSPS) is 14.6. The lowest BCUT2D eigenvalue weighted by atomic mass is 9.96. The molecule has 1 aliphatic rings. The molecule has 1 aliphatic heterocycles. The third kappa shape index (κ3) is 2.57. The van der Waals surface area contributed by atoms with E-state index in [4.69, 9.17) is 4.98 Å². The summed E-state index contributed by atoms with van der Waals surface area (Å²) in [6.07, 6.45) is 1.92. The molecule has 2 aromatic heterocycles. The SMILES string of the molecule is CC(C)=NNc1nn2cc(-c3ccccc3)nc2c2c1N=NC2(C)C. The first-order chi connectivity index (χ1) is 12.0. The molecule has 0 saturated carbocycles. The molecule has 0 fully saturated rings. The summed E-state index contributed by atoms with van der Waals surface area (Å²) in [4.78, 5) is 4.80. The van der Waals surface area contributed by atoms with Gasteiger partial charge in [0.1, 0.15) is 11.2 Å². The predicted molar refractivity (Wildman–Crippen MR) is 98.4 cm³/mol. The molecule has 25 heavy (non-hydrogen) atoms. The smallest absolute Gasteiger partial charge is 0.195 e. The van der Waals surface area contributed by atoms with Gasteiger partial charge in [0.2, 0.25) is 0 Å². The minimum atomic E-state index is -0.458. The van der Waals surface area contributed by atoms with E-state index in [9.17, 15) is 0 Å². The molecule has 1 N–H and O–H groups in total. The number of rotatable bonds is 3. The molecule has 0 radical (unpaired) electrons. The fourth-order valence-electron chi connectivity index (χ4n) is 2.87. The van der Waals surface area contributed by atoms with Crippen LogP contribution in [0.1, 0.15) is 33.3 Å². The zero-order chi connectivity index (χ0) is 17.6. The van der Waals surface area contributed by atoms with Crippen LogP contribution in [0.3, 0.4) is 0 Å². The molecule has 3 heterocycles. The van der Waals surface area contributed by atoms with Crippen LogP contribution in [-0.4, -0.2) is 20.3 Å². The summed E-state index contributed by atoms with van der Waals surface area (Å²) in [5, 5.41) is 17.6. The summed E-state index contributed by atoms with van der Waals surface area (Å²) in [6, 6.07) is 10.1. The third-order valence-corrected chi connectivity index (χ3v) is 4.05. The number of azo groups is 1. The monoisotopic (exact) mass is 333 g/mol. The minimum Gasteiger partial charge on any atom is -0.258 e. The van der Waals surface area contributed by atoms with Crippen LogP contribution in [0.2, 0.25) is 0 Å². The van der Waals surface area contributed by atoms with E-state index in [0.29, 0.717) is 11.5 Å². The Bertz CT molecular complexity index is 1010. The maximum absolute atomic E-state index is 4.80. The van der Waals surface area contributed by atoms with Crippen LogP contribution in [0.5, 0.6) is 0 Å². The van der Waals surface area contributed by atoms with Crippen molar-refractivity contribution in [2.24, 2.45) is 15.3 Å². The molecule has 0 bridgehead atoms. The highest BCUT2D eigenvalue weighted by Gasteiger charge is 2.35. The molecule has 7 heteroatoms. The van der Waals surface area contributed by atoms with Crippen molar-refractivity contribution in [1.29, 1.82) is 0 Å². The number of benzene rings is 1. The third-order valence-electron chi connectivity index (χ3n) is 4.05. The van der Waals surface area contributed by atoms with Crippen molar-refractivity contribution in [2.75, 3.05) is 5.43 Å². The predicted octanol–water partition coefficient (Wildman–Crippen LogP) is 4.54. The number of hydrogen-bond donors (Lipinski definition) is 1. The van der Waals surface area contributed by atoms with Gasteiger partial charge in [-0.15, -0.1) is 5.10 Å². The maximum Gasteiger partial charge on any atom is 0.195 e. The Morgan fingerprint density at radius 1 is 1.16 bits per heavy atom. The van der Waals surface area contributed by atoms with E-state index >= 15 is 0 Å². The molecule has 0 unspecified atom stereocenters. The number of nitrogens with one attached hydrogen (secondary N) is 1. The summed E-state index contributed by atoms with van der Waals surface area (Å²) < 4.78 is 1.78. The second-order valence-electron chi connectivity index (χ2n) is 6.76. The maximum atomic E-state index is 4.80. The number of hydrazone groups is 1. The molecule has 1 aromatic carbocycles. The molecule has 0 amide bonds. The van der Waals surface area contributed by atoms with Crippen LogP contribution in [-0.2, 0) is 5.54 Å². The van der Waals surface area contributed by atoms with Gasteiger partial charge in [0.15, 0.2) is 11.5 Å². The second-order valence-corrected chi connectivity index (χ2v) is 6.76. The number of fused-ring (bicyclic) bond motifs is 3. The van der Waals surface area contributed by atoms with Gasteiger partial charge in [-0.05, 0) is 27.7 Å². The average Bonchev–Trinajstić information content (AvgIpc) is 3.14. The Morgan fingerprint density at radius 2 is 1.92 bits per heavy atom. The number of hydrogen-bond acceptors (Lipinski definition) is 6. The topological polar surface area (TPSA) is 79.3 Å². The molecule has 0 aliphatic carbocycles. The van der Waals surface area contributed by atoms with Gasteiger partial charge in [-0.25, -0.2) is 9.50 Å². The van der Waals surface area contributed by atoms with E-state index in [1.807, 2.05) is 64.2 Å². The van der Waals surface area contributed by atoms with E-state index < -0.39 is 5.54 Å². The molecule has 0 saturated heterocycles. The molecule has 126 valence electrons. The van der Waals surface area contributed by atoms with Crippen molar-refractivity contribution in [3.05, 3.63) is 42.1 Å². The standard InChI is InChI=1S/C18H19N7/c1-11(2)20-22-16-15-14(18(3,4)24-21-15)17-19-13(10-25(17)23-16)12-8-6-5-7-9-12/h5-10H,1-4H3,(H,22,23). The number of nitrogens with zero attached hydrogens (tertiary/aromatic N) is 6. The lowest BCUT2D eigenvalue weighted by molar-refractivity contribution is 0.556. The van der Waals surface area contributed by atoms with Crippen molar-refractivity contribution in [1.82, 2.24) is 14.6 Å². The second kappa shape index (κ2) is 5.47. The first-order valence-corrected chi connectivity index (χ1v) is 8.15. The molecule has 7 nitrogen and oxygen atoms in total. The van der Waals surface area contributed by atoms with Gasteiger partial charge in [-0.2, -0.15) is 15.3 Å². The fourth-order valence-corrected chi connectivity index (χ4v) is 2.87. The quantitative estimate of drug-likeness (QED) is 0.564. The Kier molecular flexibility index (Phi) is 3.38. The van der Waals surface area contributed by atoms with Crippen molar-refractivity contribution in [2.45, 2.75) is 33.2 Å². The van der Waals surface area contributed by atoms with Crippen molar-refractivity contribution in [3.8, 4) is 11.3 Å². The highest BCUT2D eigenvalue weighted by atomic mass is 15.4. The largest absolute Gasteiger partial charge is 0.258 e. The Labute approximate surface area is 145 Å². The molecule has 0 atom stereocenters. The zero-order valence-electron chi connectivity index (χ0n) is 14.6. The zero-order valence-corrected chi connectivity index (χ0v) is 14.6. The molecule has 4 rings (SSSR count).